The third-order valence-corrected chi connectivity index (χ3v) is 10.2. The summed E-state index contributed by atoms with van der Waals surface area (Å²) < 4.78 is 2.93. The smallest absolute Gasteiger partial charge is 0.132 e. The molecule has 2 aliphatic rings. The van der Waals surface area contributed by atoms with Gasteiger partial charge < -0.3 is 4.57 Å². The second kappa shape index (κ2) is 4.37. The molecule has 1 nitrogen and oxygen atoms in total. The SMILES string of the molecule is CC(C)N(C1CCCC1)[SiH]1CSC1. The van der Waals surface area contributed by atoms with Crippen LogP contribution in [-0.4, -0.2) is 36.4 Å². The molecule has 2 fully saturated rings. The van der Waals surface area contributed by atoms with E-state index in [0.29, 0.717) is 0 Å². The van der Waals surface area contributed by atoms with Crippen LogP contribution in [-0.2, 0) is 0 Å². The second-order valence-electron chi connectivity index (χ2n) is 4.67. The summed E-state index contributed by atoms with van der Waals surface area (Å²) in [4.78, 5) is 0. The summed E-state index contributed by atoms with van der Waals surface area (Å²) in [5.41, 5.74) is 0. The lowest BCUT2D eigenvalue weighted by atomic mass is 10.2. The van der Waals surface area contributed by atoms with E-state index in [1.54, 1.807) is 0 Å². The fourth-order valence-electron chi connectivity index (χ4n) is 2.74. The van der Waals surface area contributed by atoms with E-state index >= 15 is 0 Å². The molecular formula is C10H21NSSi. The van der Waals surface area contributed by atoms with E-state index in [2.05, 4.69) is 30.2 Å². The predicted molar refractivity (Wildman–Crippen MR) is 63.7 cm³/mol. The molecule has 1 heterocycles. The first-order valence-electron chi connectivity index (χ1n) is 5.64. The summed E-state index contributed by atoms with van der Waals surface area (Å²) in [7, 11) is -0.430. The van der Waals surface area contributed by atoms with Crippen LogP contribution in [0.1, 0.15) is 39.5 Å². The van der Waals surface area contributed by atoms with Crippen molar-refractivity contribution in [2.75, 3.05) is 10.8 Å². The Labute approximate surface area is 88.0 Å². The van der Waals surface area contributed by atoms with Gasteiger partial charge in [0.2, 0.25) is 0 Å². The first kappa shape index (κ1) is 10.1. The van der Waals surface area contributed by atoms with Gasteiger partial charge in [0.25, 0.3) is 0 Å². The Bertz CT molecular complexity index is 164. The minimum Gasteiger partial charge on any atom is -0.320 e. The van der Waals surface area contributed by atoms with Gasteiger partial charge in [-0.2, -0.15) is 11.8 Å². The Morgan fingerprint density at radius 3 is 2.23 bits per heavy atom. The topological polar surface area (TPSA) is 3.24 Å². The minimum absolute atomic E-state index is 0.430. The van der Waals surface area contributed by atoms with Crippen molar-refractivity contribution in [3.8, 4) is 0 Å². The Morgan fingerprint density at radius 1 is 1.23 bits per heavy atom. The molecule has 0 bridgehead atoms. The zero-order chi connectivity index (χ0) is 9.26. The fourth-order valence-corrected chi connectivity index (χ4v) is 7.64. The van der Waals surface area contributed by atoms with Crippen molar-refractivity contribution in [1.29, 1.82) is 0 Å². The van der Waals surface area contributed by atoms with E-state index in [0.717, 1.165) is 12.1 Å². The maximum absolute atomic E-state index is 2.93. The summed E-state index contributed by atoms with van der Waals surface area (Å²) in [5, 5.41) is 3.04. The van der Waals surface area contributed by atoms with Crippen molar-refractivity contribution in [2.45, 2.75) is 51.6 Å². The van der Waals surface area contributed by atoms with Crippen LogP contribution in [0, 0.1) is 0 Å². The summed E-state index contributed by atoms with van der Waals surface area (Å²) in [6.07, 6.45) is 5.96. The van der Waals surface area contributed by atoms with Crippen LogP contribution in [0.15, 0.2) is 0 Å². The molecule has 1 aliphatic carbocycles. The van der Waals surface area contributed by atoms with Gasteiger partial charge in [0.05, 0.1) is 0 Å². The van der Waals surface area contributed by atoms with Crippen LogP contribution < -0.4 is 0 Å². The maximum atomic E-state index is 2.93. The van der Waals surface area contributed by atoms with Gasteiger partial charge in [-0.05, 0) is 29.6 Å². The van der Waals surface area contributed by atoms with Gasteiger partial charge in [0, 0.05) is 6.04 Å². The van der Waals surface area contributed by atoms with Crippen LogP contribution in [0.4, 0.5) is 0 Å². The molecule has 76 valence electrons. The first-order chi connectivity index (χ1) is 6.29. The number of hydrogen-bond acceptors (Lipinski definition) is 2. The molecule has 0 aromatic heterocycles. The van der Waals surface area contributed by atoms with E-state index in [9.17, 15) is 0 Å². The molecule has 0 amide bonds. The molecule has 2 rings (SSSR count). The highest BCUT2D eigenvalue weighted by Gasteiger charge is 2.35. The lowest BCUT2D eigenvalue weighted by Gasteiger charge is -2.42. The molecule has 1 saturated heterocycles. The molecule has 1 aliphatic heterocycles. The number of nitrogens with zero attached hydrogens (tertiary/aromatic N) is 1. The van der Waals surface area contributed by atoms with E-state index in [4.69, 9.17) is 0 Å². The highest BCUT2D eigenvalue weighted by Crippen LogP contribution is 2.30. The summed E-state index contributed by atoms with van der Waals surface area (Å²) in [5.74, 6) is 0. The lowest BCUT2D eigenvalue weighted by Crippen LogP contribution is -2.56. The molecule has 0 spiro atoms. The van der Waals surface area contributed by atoms with Gasteiger partial charge in [-0.25, -0.2) is 0 Å². The molecule has 0 unspecified atom stereocenters. The summed E-state index contributed by atoms with van der Waals surface area (Å²) >= 11 is 2.17. The van der Waals surface area contributed by atoms with Gasteiger partial charge >= 0.3 is 0 Å². The standard InChI is InChI=1S/C10H21NSSi/c1-9(2)11(13-7-12-8-13)10-5-3-4-6-10/h9-10,13H,3-8H2,1-2H3. The first-order valence-corrected chi connectivity index (χ1v) is 8.94. The summed E-state index contributed by atoms with van der Waals surface area (Å²) in [6.45, 7) is 4.79. The second-order valence-corrected chi connectivity index (χ2v) is 9.65. The van der Waals surface area contributed by atoms with E-state index in [-0.39, 0.29) is 0 Å². The van der Waals surface area contributed by atoms with Crippen molar-refractivity contribution < 1.29 is 0 Å². The Hall–Kier alpha value is 0.527. The highest BCUT2D eigenvalue weighted by molar-refractivity contribution is 8.05. The zero-order valence-electron chi connectivity index (χ0n) is 8.83. The normalized spacial score (nSPS) is 25.8. The quantitative estimate of drug-likeness (QED) is 0.664. The molecular weight excluding hydrogens is 194 g/mol. The van der Waals surface area contributed by atoms with Crippen LogP contribution in [0.25, 0.3) is 0 Å². The van der Waals surface area contributed by atoms with Crippen LogP contribution >= 0.6 is 11.8 Å². The Morgan fingerprint density at radius 2 is 1.85 bits per heavy atom. The Kier molecular flexibility index (Phi) is 3.38. The van der Waals surface area contributed by atoms with Gasteiger partial charge in [-0.3, -0.25) is 0 Å². The maximum Gasteiger partial charge on any atom is 0.132 e. The van der Waals surface area contributed by atoms with Crippen molar-refractivity contribution in [3.05, 3.63) is 0 Å². The van der Waals surface area contributed by atoms with Crippen LogP contribution in [0.3, 0.4) is 0 Å². The average molecular weight is 215 g/mol. The molecule has 3 heteroatoms. The molecule has 0 N–H and O–H groups in total. The van der Waals surface area contributed by atoms with Crippen LogP contribution in [0.2, 0.25) is 0 Å². The van der Waals surface area contributed by atoms with Gasteiger partial charge in [0.15, 0.2) is 0 Å². The average Bonchev–Trinajstić information content (AvgIpc) is 2.46. The van der Waals surface area contributed by atoms with E-state index < -0.39 is 8.96 Å². The van der Waals surface area contributed by atoms with Crippen molar-refractivity contribution in [2.24, 2.45) is 0 Å². The lowest BCUT2D eigenvalue weighted by molar-refractivity contribution is 0.275. The summed E-state index contributed by atoms with van der Waals surface area (Å²) in [6, 6.07) is 1.80. The van der Waals surface area contributed by atoms with Crippen molar-refractivity contribution >= 4 is 20.7 Å². The number of rotatable bonds is 3. The van der Waals surface area contributed by atoms with Crippen LogP contribution in [0.5, 0.6) is 0 Å². The highest BCUT2D eigenvalue weighted by atomic mass is 32.2. The third kappa shape index (κ3) is 2.13. The molecule has 0 atom stereocenters. The largest absolute Gasteiger partial charge is 0.320 e. The van der Waals surface area contributed by atoms with E-state index in [1.165, 1.54) is 36.4 Å². The Balaban J connectivity index is 1.94. The third-order valence-electron chi connectivity index (χ3n) is 3.38. The van der Waals surface area contributed by atoms with E-state index in [1.807, 2.05) is 0 Å². The molecule has 13 heavy (non-hydrogen) atoms. The minimum atomic E-state index is -0.430. The predicted octanol–water partition coefficient (Wildman–Crippen LogP) is 2.19. The van der Waals surface area contributed by atoms with Crippen molar-refractivity contribution in [1.82, 2.24) is 4.57 Å². The van der Waals surface area contributed by atoms with Gasteiger partial charge in [0.1, 0.15) is 8.96 Å². The molecule has 1 saturated carbocycles. The van der Waals surface area contributed by atoms with Crippen molar-refractivity contribution in [3.63, 3.8) is 0 Å². The number of thioether (sulfide) groups is 1. The van der Waals surface area contributed by atoms with Gasteiger partial charge in [-0.1, -0.05) is 26.7 Å². The number of hydrogen-bond donors (Lipinski definition) is 0. The monoisotopic (exact) mass is 215 g/mol. The molecule has 0 radical (unpaired) electrons. The fraction of sp³-hybridized carbons (Fsp3) is 1.00. The molecule has 0 aromatic rings. The zero-order valence-corrected chi connectivity index (χ0v) is 10.8. The molecule has 0 aromatic carbocycles. The van der Waals surface area contributed by atoms with Gasteiger partial charge in [-0.15, -0.1) is 0 Å².